The van der Waals surface area contributed by atoms with Crippen LogP contribution in [0.25, 0.3) is 61.6 Å². The normalized spacial score (nSPS) is 11.3. The third kappa shape index (κ3) is 8.94. The number of hydrogen-bond donors (Lipinski definition) is 0. The zero-order valence-electron chi connectivity index (χ0n) is 36.1. The van der Waals surface area contributed by atoms with Crippen LogP contribution in [0.15, 0.2) is 152 Å². The van der Waals surface area contributed by atoms with E-state index in [4.69, 9.17) is 4.98 Å². The predicted molar refractivity (Wildman–Crippen MR) is 246 cm³/mol. The summed E-state index contributed by atoms with van der Waals surface area (Å²) in [6.07, 6.45) is 7.91. The summed E-state index contributed by atoms with van der Waals surface area (Å²) in [6, 6.07) is 51.7. The van der Waals surface area contributed by atoms with Gasteiger partial charge >= 0.3 is 0 Å². The van der Waals surface area contributed by atoms with Gasteiger partial charge in [-0.1, -0.05) is 128 Å². The number of fused-ring (bicyclic) bond motifs is 3. The van der Waals surface area contributed by atoms with Gasteiger partial charge in [-0.3, -0.25) is 9.97 Å². The fraction of sp³-hybridized carbons (Fsp3) is 0.222. The standard InChI is InChI=1S/C33H30N3.C21H23N2.2Ir/c1-22(2)26-12-9-13-27(23(3)4)32(26)35-21-20-34-33(35)24-16-18-25(19-17-24)36-30-14-7-5-10-28(30)29-11-6-8-15-31(29)36;1-15(2)18-11-8-12-19(16(3)4)20(18)23-14-13-22-21(23)17-9-6-5-7-10-17;;/h5-16,18-23H,1-4H3;5-9,11-16H,1-4H3;;/q2*-1;;. The first kappa shape index (κ1) is 45.4. The van der Waals surface area contributed by atoms with Crippen LogP contribution in [-0.4, -0.2) is 23.7 Å². The SMILES string of the molecule is CC(C)c1cccc(C(C)C)c1-n1ccnc1-c1[c-]cc(-n2c3ccccc3c3ccccc32)cc1.CC(C)c1cccc(C(C)C)c1-n1ccnc1-c1[c-]cccc1.[Ir].[Ir]. The summed E-state index contributed by atoms with van der Waals surface area (Å²) in [5, 5.41) is 2.53. The Morgan fingerprint density at radius 2 is 0.869 bits per heavy atom. The van der Waals surface area contributed by atoms with Crippen molar-refractivity contribution in [3.05, 3.63) is 187 Å². The predicted octanol–water partition coefficient (Wildman–Crippen LogP) is 14.3. The molecule has 3 aromatic heterocycles. The maximum atomic E-state index is 4.78. The van der Waals surface area contributed by atoms with Crippen LogP contribution >= 0.6 is 0 Å². The van der Waals surface area contributed by atoms with E-state index in [1.165, 1.54) is 55.4 Å². The minimum Gasteiger partial charge on any atom is -0.351 e. The molecule has 0 aliphatic carbocycles. The Kier molecular flexibility index (Phi) is 14.6. The van der Waals surface area contributed by atoms with Gasteiger partial charge in [-0.05, 0) is 63.7 Å². The summed E-state index contributed by atoms with van der Waals surface area (Å²) in [4.78, 5) is 9.38. The van der Waals surface area contributed by atoms with Crippen LogP contribution in [0.4, 0.5) is 0 Å². The Morgan fingerprint density at radius 1 is 0.443 bits per heavy atom. The molecule has 0 amide bonds. The second-order valence-corrected chi connectivity index (χ2v) is 16.5. The molecule has 314 valence electrons. The van der Waals surface area contributed by atoms with Gasteiger partial charge in [0.25, 0.3) is 0 Å². The molecule has 0 saturated carbocycles. The minimum absolute atomic E-state index is 0. The summed E-state index contributed by atoms with van der Waals surface area (Å²) in [5.74, 6) is 3.60. The van der Waals surface area contributed by atoms with Crippen LogP contribution in [0.3, 0.4) is 0 Å². The molecule has 0 N–H and O–H groups in total. The molecule has 0 fully saturated rings. The van der Waals surface area contributed by atoms with E-state index in [2.05, 4.69) is 208 Å². The summed E-state index contributed by atoms with van der Waals surface area (Å²) < 4.78 is 6.79. The average Bonchev–Trinajstić information content (AvgIpc) is 4.02. The molecular weight excluding hydrogens is 1100 g/mol. The molecule has 9 rings (SSSR count). The van der Waals surface area contributed by atoms with Gasteiger partial charge in [0.1, 0.15) is 0 Å². The van der Waals surface area contributed by atoms with E-state index in [-0.39, 0.29) is 40.2 Å². The molecule has 2 radical (unpaired) electrons. The van der Waals surface area contributed by atoms with Gasteiger partial charge in [0.15, 0.2) is 0 Å². The quantitative estimate of drug-likeness (QED) is 0.135. The largest absolute Gasteiger partial charge is 0.351 e. The van der Waals surface area contributed by atoms with Crippen LogP contribution in [0.2, 0.25) is 0 Å². The van der Waals surface area contributed by atoms with Gasteiger partial charge in [0.05, 0.1) is 11.6 Å². The van der Waals surface area contributed by atoms with Crippen molar-refractivity contribution in [2.75, 3.05) is 0 Å². The molecule has 61 heavy (non-hydrogen) atoms. The number of rotatable bonds is 9. The van der Waals surface area contributed by atoms with E-state index in [9.17, 15) is 0 Å². The van der Waals surface area contributed by atoms with Gasteiger partial charge in [-0.2, -0.15) is 0 Å². The van der Waals surface area contributed by atoms with E-state index < -0.39 is 0 Å². The van der Waals surface area contributed by atoms with Gasteiger partial charge in [0.2, 0.25) is 0 Å². The monoisotopic (exact) mass is 1160 g/mol. The summed E-state index contributed by atoms with van der Waals surface area (Å²) in [7, 11) is 0. The first-order valence-corrected chi connectivity index (χ1v) is 20.9. The zero-order chi connectivity index (χ0) is 41.2. The minimum atomic E-state index is 0. The Morgan fingerprint density at radius 3 is 1.26 bits per heavy atom. The first-order chi connectivity index (χ1) is 28.6. The topological polar surface area (TPSA) is 40.6 Å². The average molecular weight is 1160 g/mol. The van der Waals surface area contributed by atoms with Crippen molar-refractivity contribution >= 4 is 21.8 Å². The maximum Gasteiger partial charge on any atom is 0.0602 e. The third-order valence-electron chi connectivity index (χ3n) is 11.3. The Balaban J connectivity index is 0.000000217. The van der Waals surface area contributed by atoms with Gasteiger partial charge in [0, 0.05) is 98.2 Å². The third-order valence-corrected chi connectivity index (χ3v) is 11.3. The Hall–Kier alpha value is -5.16. The van der Waals surface area contributed by atoms with Crippen molar-refractivity contribution in [3.63, 3.8) is 0 Å². The molecule has 0 atom stereocenters. The number of aromatic nitrogens is 5. The molecular formula is C54H53Ir2N5-2. The van der Waals surface area contributed by atoms with Crippen LogP contribution < -0.4 is 0 Å². The van der Waals surface area contributed by atoms with Gasteiger partial charge in [-0.25, -0.2) is 0 Å². The molecule has 0 aliphatic heterocycles. The van der Waals surface area contributed by atoms with Gasteiger partial charge in [-0.15, -0.1) is 65.7 Å². The molecule has 7 heteroatoms. The van der Waals surface area contributed by atoms with E-state index in [1.807, 2.05) is 30.6 Å². The van der Waals surface area contributed by atoms with Crippen LogP contribution in [-0.2, 0) is 40.2 Å². The van der Waals surface area contributed by atoms with E-state index in [0.717, 1.165) is 28.5 Å². The van der Waals surface area contributed by atoms with E-state index in [0.29, 0.717) is 23.7 Å². The number of hydrogen-bond acceptors (Lipinski definition) is 2. The molecule has 0 spiro atoms. The summed E-state index contributed by atoms with van der Waals surface area (Å²) in [5.41, 5.74) is 13.4. The van der Waals surface area contributed by atoms with E-state index in [1.54, 1.807) is 0 Å². The second kappa shape index (κ2) is 19.7. The number of imidazole rings is 2. The first-order valence-electron chi connectivity index (χ1n) is 20.9. The molecule has 6 aromatic carbocycles. The van der Waals surface area contributed by atoms with E-state index >= 15 is 0 Å². The molecule has 3 heterocycles. The molecule has 5 nitrogen and oxygen atoms in total. The maximum absolute atomic E-state index is 4.78. The number of benzene rings is 6. The zero-order valence-corrected chi connectivity index (χ0v) is 40.9. The van der Waals surface area contributed by atoms with Crippen molar-refractivity contribution in [2.45, 2.75) is 79.1 Å². The fourth-order valence-electron chi connectivity index (χ4n) is 8.37. The fourth-order valence-corrected chi connectivity index (χ4v) is 8.37. The van der Waals surface area contributed by atoms with Crippen LogP contribution in [0.5, 0.6) is 0 Å². The Labute approximate surface area is 388 Å². The summed E-state index contributed by atoms with van der Waals surface area (Å²) in [6.45, 7) is 18.0. The van der Waals surface area contributed by atoms with Crippen molar-refractivity contribution in [1.29, 1.82) is 0 Å². The molecule has 9 aromatic rings. The number of para-hydroxylation sites is 4. The number of nitrogens with zero attached hydrogens (tertiary/aromatic N) is 5. The van der Waals surface area contributed by atoms with Gasteiger partial charge < -0.3 is 13.7 Å². The smallest absolute Gasteiger partial charge is 0.0602 e. The second-order valence-electron chi connectivity index (χ2n) is 16.5. The molecule has 0 bridgehead atoms. The van der Waals surface area contributed by atoms with Crippen LogP contribution in [0, 0.1) is 12.1 Å². The van der Waals surface area contributed by atoms with Crippen molar-refractivity contribution in [2.24, 2.45) is 0 Å². The Bertz CT molecular complexity index is 2740. The van der Waals surface area contributed by atoms with Crippen LogP contribution in [0.1, 0.15) is 101 Å². The molecule has 0 unspecified atom stereocenters. The van der Waals surface area contributed by atoms with Crippen molar-refractivity contribution in [3.8, 4) is 39.8 Å². The molecule has 0 aliphatic rings. The summed E-state index contributed by atoms with van der Waals surface area (Å²) >= 11 is 0. The van der Waals surface area contributed by atoms with Crippen molar-refractivity contribution < 1.29 is 40.2 Å². The molecule has 0 saturated heterocycles. The van der Waals surface area contributed by atoms with Crippen molar-refractivity contribution in [1.82, 2.24) is 23.7 Å².